The lowest BCUT2D eigenvalue weighted by Crippen LogP contribution is -2.32. The van der Waals surface area contributed by atoms with Crippen molar-refractivity contribution < 1.29 is 4.39 Å². The monoisotopic (exact) mass is 329 g/mol. The van der Waals surface area contributed by atoms with Crippen LogP contribution in [0.2, 0.25) is 0 Å². The molecular formula is C18H20FN3S. The van der Waals surface area contributed by atoms with Crippen LogP contribution in [-0.4, -0.2) is 15.2 Å². The Labute approximate surface area is 140 Å². The standard InChI is InChI=1S/C18H20FN3S/c1-17(2)12-8-9-18(17,3)15-14(12)21-22-16(20-15)23-10-11-6-4-5-7-13(11)19/h4-7,12H,8-10H2,1-3H3/t12-,18+/m1/s1. The minimum absolute atomic E-state index is 0.0796. The molecule has 3 nitrogen and oxygen atoms in total. The van der Waals surface area contributed by atoms with Crippen molar-refractivity contribution >= 4 is 11.8 Å². The van der Waals surface area contributed by atoms with Crippen molar-refractivity contribution in [2.75, 3.05) is 0 Å². The fourth-order valence-electron chi connectivity index (χ4n) is 4.18. The summed E-state index contributed by atoms with van der Waals surface area (Å²) in [5, 5.41) is 9.43. The topological polar surface area (TPSA) is 38.7 Å². The Morgan fingerprint density at radius 2 is 2.00 bits per heavy atom. The lowest BCUT2D eigenvalue weighted by atomic mass is 9.70. The van der Waals surface area contributed by atoms with Gasteiger partial charge in [-0.15, -0.1) is 5.10 Å². The third kappa shape index (κ3) is 2.05. The maximum absolute atomic E-state index is 13.7. The van der Waals surface area contributed by atoms with Gasteiger partial charge in [0.25, 0.3) is 0 Å². The molecule has 1 fully saturated rings. The van der Waals surface area contributed by atoms with Crippen LogP contribution in [0.4, 0.5) is 4.39 Å². The van der Waals surface area contributed by atoms with E-state index in [1.165, 1.54) is 24.2 Å². The first-order valence-corrected chi connectivity index (χ1v) is 9.03. The first-order valence-electron chi connectivity index (χ1n) is 8.05. The van der Waals surface area contributed by atoms with Crippen LogP contribution < -0.4 is 0 Å². The fraction of sp³-hybridized carbons (Fsp3) is 0.500. The first kappa shape index (κ1) is 15.1. The SMILES string of the molecule is CC1(C)[C@@H]2CC[C@@]1(C)c1nc(SCc3ccccc3F)nnc12. The third-order valence-electron chi connectivity index (χ3n) is 6.09. The Kier molecular flexibility index (Phi) is 3.28. The molecule has 2 aromatic rings. The number of nitrogens with zero attached hydrogens (tertiary/aromatic N) is 3. The molecule has 2 aliphatic rings. The van der Waals surface area contributed by atoms with Crippen molar-refractivity contribution in [1.29, 1.82) is 0 Å². The Hall–Kier alpha value is -1.49. The largest absolute Gasteiger partial charge is 0.224 e. The van der Waals surface area contributed by atoms with Gasteiger partial charge in [0.1, 0.15) is 5.82 Å². The molecule has 0 N–H and O–H groups in total. The van der Waals surface area contributed by atoms with E-state index in [9.17, 15) is 4.39 Å². The molecule has 2 atom stereocenters. The van der Waals surface area contributed by atoms with Gasteiger partial charge < -0.3 is 0 Å². The summed E-state index contributed by atoms with van der Waals surface area (Å²) < 4.78 is 13.7. The van der Waals surface area contributed by atoms with Crippen molar-refractivity contribution in [2.24, 2.45) is 5.41 Å². The number of hydrogen-bond acceptors (Lipinski definition) is 4. The predicted molar refractivity (Wildman–Crippen MR) is 88.9 cm³/mol. The van der Waals surface area contributed by atoms with Gasteiger partial charge in [-0.25, -0.2) is 9.37 Å². The van der Waals surface area contributed by atoms with Crippen LogP contribution >= 0.6 is 11.8 Å². The molecule has 1 aromatic heterocycles. The maximum Gasteiger partial charge on any atom is 0.209 e. The molecule has 2 aliphatic carbocycles. The van der Waals surface area contributed by atoms with E-state index >= 15 is 0 Å². The predicted octanol–water partition coefficient (Wildman–Crippen LogP) is 4.48. The highest BCUT2D eigenvalue weighted by Gasteiger charge is 2.61. The van der Waals surface area contributed by atoms with Gasteiger partial charge in [0.2, 0.25) is 5.16 Å². The lowest BCUT2D eigenvalue weighted by molar-refractivity contribution is 0.226. The quantitative estimate of drug-likeness (QED) is 0.778. The summed E-state index contributed by atoms with van der Waals surface area (Å²) in [5.74, 6) is 0.811. The molecule has 5 heteroatoms. The maximum atomic E-state index is 13.7. The summed E-state index contributed by atoms with van der Waals surface area (Å²) in [4.78, 5) is 4.81. The van der Waals surface area contributed by atoms with Gasteiger partial charge in [-0.2, -0.15) is 5.10 Å². The molecular weight excluding hydrogens is 309 g/mol. The minimum atomic E-state index is -0.179. The average Bonchev–Trinajstić information content (AvgIpc) is 2.86. The van der Waals surface area contributed by atoms with E-state index < -0.39 is 0 Å². The van der Waals surface area contributed by atoms with E-state index in [-0.39, 0.29) is 16.6 Å². The summed E-state index contributed by atoms with van der Waals surface area (Å²) in [5.41, 5.74) is 3.14. The van der Waals surface area contributed by atoms with Gasteiger partial charge in [0, 0.05) is 17.1 Å². The number of aromatic nitrogens is 3. The second kappa shape index (κ2) is 5.00. The number of benzene rings is 1. The fourth-order valence-corrected chi connectivity index (χ4v) is 4.95. The highest BCUT2D eigenvalue weighted by atomic mass is 32.2. The van der Waals surface area contributed by atoms with Crippen molar-refractivity contribution in [2.45, 2.75) is 55.9 Å². The van der Waals surface area contributed by atoms with E-state index in [1.54, 1.807) is 12.1 Å². The molecule has 0 spiro atoms. The zero-order chi connectivity index (χ0) is 16.2. The lowest BCUT2D eigenvalue weighted by Gasteiger charge is -2.33. The van der Waals surface area contributed by atoms with Crippen LogP contribution in [0.1, 0.15) is 56.5 Å². The van der Waals surface area contributed by atoms with E-state index in [0.717, 1.165) is 17.8 Å². The van der Waals surface area contributed by atoms with E-state index in [4.69, 9.17) is 4.98 Å². The van der Waals surface area contributed by atoms with Crippen LogP contribution in [0, 0.1) is 11.2 Å². The summed E-state index contributed by atoms with van der Waals surface area (Å²) in [6.45, 7) is 6.94. The van der Waals surface area contributed by atoms with Crippen LogP contribution in [0.25, 0.3) is 0 Å². The highest BCUT2D eigenvalue weighted by molar-refractivity contribution is 7.98. The average molecular weight is 329 g/mol. The van der Waals surface area contributed by atoms with Crippen molar-refractivity contribution in [3.8, 4) is 0 Å². The van der Waals surface area contributed by atoms with Crippen molar-refractivity contribution in [3.63, 3.8) is 0 Å². The smallest absolute Gasteiger partial charge is 0.209 e. The van der Waals surface area contributed by atoms with Crippen LogP contribution in [0.5, 0.6) is 0 Å². The molecule has 0 radical (unpaired) electrons. The van der Waals surface area contributed by atoms with Gasteiger partial charge in [-0.1, -0.05) is 50.7 Å². The van der Waals surface area contributed by atoms with Gasteiger partial charge in [-0.3, -0.25) is 0 Å². The molecule has 1 aromatic carbocycles. The van der Waals surface area contributed by atoms with E-state index in [1.807, 2.05) is 6.07 Å². The van der Waals surface area contributed by atoms with Crippen molar-refractivity contribution in [1.82, 2.24) is 15.2 Å². The second-order valence-corrected chi connectivity index (χ2v) is 8.30. The summed E-state index contributed by atoms with van der Waals surface area (Å²) in [6.07, 6.45) is 2.34. The number of thioether (sulfide) groups is 1. The molecule has 2 bridgehead atoms. The van der Waals surface area contributed by atoms with Gasteiger partial charge in [0.05, 0.1) is 11.4 Å². The molecule has 1 heterocycles. The third-order valence-corrected chi connectivity index (χ3v) is 6.97. The summed E-state index contributed by atoms with van der Waals surface area (Å²) in [6, 6.07) is 6.84. The van der Waals surface area contributed by atoms with Crippen LogP contribution in [-0.2, 0) is 11.2 Å². The molecule has 0 aliphatic heterocycles. The molecule has 0 saturated heterocycles. The minimum Gasteiger partial charge on any atom is -0.224 e. The second-order valence-electron chi connectivity index (χ2n) is 7.35. The zero-order valence-electron chi connectivity index (χ0n) is 13.6. The zero-order valence-corrected chi connectivity index (χ0v) is 14.5. The molecule has 0 amide bonds. The number of halogens is 1. The summed E-state index contributed by atoms with van der Waals surface area (Å²) in [7, 11) is 0. The Morgan fingerprint density at radius 3 is 2.78 bits per heavy atom. The van der Waals surface area contributed by atoms with E-state index in [0.29, 0.717) is 22.4 Å². The van der Waals surface area contributed by atoms with Crippen molar-refractivity contribution in [3.05, 3.63) is 47.0 Å². The number of rotatable bonds is 3. The van der Waals surface area contributed by atoms with E-state index in [2.05, 4.69) is 31.0 Å². The normalized spacial score (nSPS) is 27.2. The Morgan fingerprint density at radius 1 is 1.22 bits per heavy atom. The number of fused-ring (bicyclic) bond motifs is 5. The van der Waals surface area contributed by atoms with Gasteiger partial charge in [0.15, 0.2) is 0 Å². The Balaban J connectivity index is 1.62. The van der Waals surface area contributed by atoms with Crippen LogP contribution in [0.15, 0.2) is 29.4 Å². The molecule has 0 unspecified atom stereocenters. The highest BCUT2D eigenvalue weighted by Crippen LogP contribution is 2.66. The first-order chi connectivity index (χ1) is 10.9. The summed E-state index contributed by atoms with van der Waals surface area (Å²) >= 11 is 1.46. The van der Waals surface area contributed by atoms with Gasteiger partial charge in [-0.05, 0) is 29.9 Å². The van der Waals surface area contributed by atoms with Gasteiger partial charge >= 0.3 is 0 Å². The molecule has 23 heavy (non-hydrogen) atoms. The molecule has 120 valence electrons. The molecule has 1 saturated carbocycles. The molecule has 4 rings (SSSR count). The number of hydrogen-bond donors (Lipinski definition) is 0. The Bertz CT molecular complexity index is 777. The van der Waals surface area contributed by atoms with Crippen LogP contribution in [0.3, 0.4) is 0 Å².